The van der Waals surface area contributed by atoms with Gasteiger partial charge in [0.15, 0.2) is 15.2 Å². The van der Waals surface area contributed by atoms with Gasteiger partial charge < -0.3 is 0 Å². The van der Waals surface area contributed by atoms with Crippen LogP contribution in [-0.4, -0.2) is 15.2 Å². The molecule has 0 bridgehead atoms. The zero-order chi connectivity index (χ0) is 32.3. The maximum atomic E-state index is 2.62. The molecule has 0 saturated carbocycles. The van der Waals surface area contributed by atoms with Gasteiger partial charge in [0.2, 0.25) is 0 Å². The summed E-state index contributed by atoms with van der Waals surface area (Å²) < 4.78 is 0. The lowest BCUT2D eigenvalue weighted by Gasteiger charge is -2.54. The summed E-state index contributed by atoms with van der Waals surface area (Å²) >= 11 is 0. The highest BCUT2D eigenvalue weighted by atomic mass is 29.3. The van der Waals surface area contributed by atoms with Crippen LogP contribution in [0.25, 0.3) is 32.7 Å². The standard InChI is InChI=1S/C46H36Si2/c1-33-31-43-45(41-29-17-15-27-39(33)41)46-42-30-18-16-28-40(42)34(2)32-44(46)48(37-23-11-5-12-24-37,38-25-13-6-14-26-38)47(43,35-19-7-3-8-20-35)36-21-9-4-10-22-36/h3-32H,1-2H3. The van der Waals surface area contributed by atoms with Crippen LogP contribution in [-0.2, 0) is 0 Å². The molecular formula is C46H36Si2. The van der Waals surface area contributed by atoms with Gasteiger partial charge in [0, 0.05) is 0 Å². The third-order valence-electron chi connectivity index (χ3n) is 11.0. The third-order valence-corrected chi connectivity index (χ3v) is 27.7. The molecule has 0 unspecified atom stereocenters. The van der Waals surface area contributed by atoms with E-state index in [2.05, 4.69) is 196 Å². The van der Waals surface area contributed by atoms with Gasteiger partial charge >= 0.3 is 0 Å². The molecule has 1 heterocycles. The molecule has 48 heavy (non-hydrogen) atoms. The Kier molecular flexibility index (Phi) is 6.72. The normalized spacial score (nSPS) is 14.4. The van der Waals surface area contributed by atoms with E-state index < -0.39 is 15.2 Å². The first-order chi connectivity index (χ1) is 23.7. The highest BCUT2D eigenvalue weighted by Gasteiger charge is 2.65. The predicted octanol–water partition coefficient (Wildman–Crippen LogP) is 7.31. The molecule has 0 N–H and O–H groups in total. The van der Waals surface area contributed by atoms with Gasteiger partial charge in [0.25, 0.3) is 0 Å². The van der Waals surface area contributed by atoms with E-state index in [-0.39, 0.29) is 0 Å². The third kappa shape index (κ3) is 3.82. The lowest BCUT2D eigenvalue weighted by molar-refractivity contribution is 1.52. The minimum atomic E-state index is -2.99. The van der Waals surface area contributed by atoms with Crippen LogP contribution in [0.3, 0.4) is 0 Å². The summed E-state index contributed by atoms with van der Waals surface area (Å²) in [6.07, 6.45) is 0. The van der Waals surface area contributed by atoms with Crippen molar-refractivity contribution in [1.29, 1.82) is 0 Å². The molecule has 0 saturated heterocycles. The van der Waals surface area contributed by atoms with E-state index in [1.54, 1.807) is 0 Å². The van der Waals surface area contributed by atoms with E-state index in [9.17, 15) is 0 Å². The fourth-order valence-corrected chi connectivity index (χ4v) is 29.4. The summed E-state index contributed by atoms with van der Waals surface area (Å²) in [6, 6.07) is 70.1. The summed E-state index contributed by atoms with van der Waals surface area (Å²) in [5.74, 6) is 0. The van der Waals surface area contributed by atoms with Crippen LogP contribution in [0.1, 0.15) is 11.1 Å². The molecule has 2 heteroatoms. The van der Waals surface area contributed by atoms with Crippen molar-refractivity contribution < 1.29 is 0 Å². The van der Waals surface area contributed by atoms with Crippen molar-refractivity contribution >= 4 is 67.8 Å². The molecule has 228 valence electrons. The quantitative estimate of drug-likeness (QED) is 0.176. The van der Waals surface area contributed by atoms with E-state index >= 15 is 0 Å². The second-order valence-electron chi connectivity index (χ2n) is 13.3. The lowest BCUT2D eigenvalue weighted by Crippen LogP contribution is -2.95. The average Bonchev–Trinajstić information content (AvgIpc) is 3.16. The maximum absolute atomic E-state index is 2.99. The van der Waals surface area contributed by atoms with Crippen LogP contribution in [0.5, 0.6) is 0 Å². The van der Waals surface area contributed by atoms with Gasteiger partial charge in [-0.15, -0.1) is 0 Å². The van der Waals surface area contributed by atoms with Crippen LogP contribution >= 0.6 is 0 Å². The Morgan fingerprint density at radius 2 is 0.542 bits per heavy atom. The second kappa shape index (κ2) is 11.2. The number of fused-ring (bicyclic) bond motifs is 7. The zero-order valence-corrected chi connectivity index (χ0v) is 29.3. The molecule has 9 rings (SSSR count). The number of hydrogen-bond donors (Lipinski definition) is 0. The monoisotopic (exact) mass is 644 g/mol. The van der Waals surface area contributed by atoms with E-state index in [4.69, 9.17) is 0 Å². The molecule has 0 spiro atoms. The topological polar surface area (TPSA) is 0 Å². The first-order valence-corrected chi connectivity index (χ1v) is 22.0. The molecule has 0 aliphatic carbocycles. The number of rotatable bonds is 4. The van der Waals surface area contributed by atoms with Crippen LogP contribution in [0.4, 0.5) is 0 Å². The first-order valence-electron chi connectivity index (χ1n) is 17.0. The van der Waals surface area contributed by atoms with Gasteiger partial charge in [-0.05, 0) is 68.0 Å². The lowest BCUT2D eigenvalue weighted by atomic mass is 9.90. The van der Waals surface area contributed by atoms with Gasteiger partial charge in [-0.1, -0.05) is 203 Å². The highest BCUT2D eigenvalue weighted by Crippen LogP contribution is 2.42. The van der Waals surface area contributed by atoms with Crippen molar-refractivity contribution in [2.24, 2.45) is 0 Å². The fourth-order valence-electron chi connectivity index (χ4n) is 9.22. The van der Waals surface area contributed by atoms with Crippen molar-refractivity contribution in [1.82, 2.24) is 0 Å². The van der Waals surface area contributed by atoms with Gasteiger partial charge in [0.1, 0.15) is 0 Å². The van der Waals surface area contributed by atoms with Crippen LogP contribution in [0.15, 0.2) is 182 Å². The van der Waals surface area contributed by atoms with Crippen molar-refractivity contribution in [3.05, 3.63) is 193 Å². The first kappa shape index (κ1) is 28.9. The Morgan fingerprint density at radius 1 is 0.292 bits per heavy atom. The number of benzene rings is 8. The summed E-state index contributed by atoms with van der Waals surface area (Å²) in [4.78, 5) is 0. The van der Waals surface area contributed by atoms with Crippen LogP contribution < -0.4 is 31.1 Å². The molecule has 8 aromatic carbocycles. The maximum Gasteiger partial charge on any atom is 0.155 e. The van der Waals surface area contributed by atoms with E-state index in [0.717, 1.165) is 0 Å². The largest absolute Gasteiger partial charge is 0.155 e. The molecule has 0 nitrogen and oxygen atoms in total. The van der Waals surface area contributed by atoms with Crippen molar-refractivity contribution in [3.63, 3.8) is 0 Å². The smallest absolute Gasteiger partial charge is 0.0624 e. The Balaban J connectivity index is 1.68. The van der Waals surface area contributed by atoms with Gasteiger partial charge in [-0.3, -0.25) is 0 Å². The molecule has 1 aliphatic heterocycles. The second-order valence-corrected chi connectivity index (χ2v) is 24.2. The Bertz CT molecular complexity index is 2200. The minimum Gasteiger partial charge on any atom is -0.0624 e. The number of hydrogen-bond acceptors (Lipinski definition) is 0. The highest BCUT2D eigenvalue weighted by molar-refractivity contribution is 7.68. The fraction of sp³-hybridized carbons (Fsp3) is 0.0435. The van der Waals surface area contributed by atoms with Crippen LogP contribution in [0.2, 0.25) is 0 Å². The molecule has 0 amide bonds. The zero-order valence-electron chi connectivity index (χ0n) is 27.3. The van der Waals surface area contributed by atoms with E-state index in [0.29, 0.717) is 0 Å². The van der Waals surface area contributed by atoms with Gasteiger partial charge in [-0.2, -0.15) is 0 Å². The Morgan fingerprint density at radius 3 is 0.833 bits per heavy atom. The van der Waals surface area contributed by atoms with Gasteiger partial charge in [-0.25, -0.2) is 0 Å². The Labute approximate surface area is 284 Å². The minimum absolute atomic E-state index is 1.34. The SMILES string of the molecule is Cc1cc2c(c3ccccc13)-c1c(cc(C)c3ccccc13)[Si](c1ccccc1)(c1ccccc1)[Si]2(c1ccccc1)c1ccccc1. The van der Waals surface area contributed by atoms with E-state index in [1.807, 2.05) is 0 Å². The average molecular weight is 645 g/mol. The predicted molar refractivity (Wildman–Crippen MR) is 211 cm³/mol. The molecule has 0 aromatic heterocycles. The summed E-state index contributed by atoms with van der Waals surface area (Å²) in [6.45, 7) is 4.66. The van der Waals surface area contributed by atoms with Crippen molar-refractivity contribution in [2.45, 2.75) is 13.8 Å². The molecule has 0 fully saturated rings. The summed E-state index contributed by atoms with van der Waals surface area (Å²) in [7, 11) is -5.98. The van der Waals surface area contributed by atoms with Crippen molar-refractivity contribution in [3.8, 4) is 11.1 Å². The van der Waals surface area contributed by atoms with Gasteiger partial charge in [0.05, 0.1) is 0 Å². The number of aryl methyl sites for hydroxylation is 2. The molecule has 1 aliphatic rings. The molecule has 8 aromatic rings. The molecular weight excluding hydrogens is 609 g/mol. The molecule has 0 radical (unpaired) electrons. The van der Waals surface area contributed by atoms with E-state index in [1.165, 1.54) is 74.9 Å². The summed E-state index contributed by atoms with van der Waals surface area (Å²) in [5, 5.41) is 14.4. The van der Waals surface area contributed by atoms with Crippen molar-refractivity contribution in [2.75, 3.05) is 0 Å². The summed E-state index contributed by atoms with van der Waals surface area (Å²) in [5.41, 5.74) is 5.54. The molecule has 0 atom stereocenters. The Hall–Kier alpha value is -5.29. The van der Waals surface area contributed by atoms with Crippen LogP contribution in [0, 0.1) is 13.8 Å².